The van der Waals surface area contributed by atoms with Crippen LogP contribution in [0.4, 0.5) is 0 Å². The van der Waals surface area contributed by atoms with E-state index in [1.165, 1.54) is 5.70 Å². The summed E-state index contributed by atoms with van der Waals surface area (Å²) in [6.07, 6.45) is 7.87. The molecule has 0 bridgehead atoms. The van der Waals surface area contributed by atoms with Crippen molar-refractivity contribution in [3.8, 4) is 0 Å². The van der Waals surface area contributed by atoms with Gasteiger partial charge < -0.3 is 21.3 Å². The zero-order valence-corrected chi connectivity index (χ0v) is 19.4. The van der Waals surface area contributed by atoms with E-state index in [1.807, 2.05) is 32.3 Å². The number of fused-ring (bicyclic) bond motifs is 1. The lowest BCUT2D eigenvalue weighted by Gasteiger charge is -2.20. The Morgan fingerprint density at radius 1 is 0.967 bits per heavy atom. The average molecular weight is 438 g/mol. The van der Waals surface area contributed by atoms with Crippen LogP contribution in [0.5, 0.6) is 0 Å². The number of nitrogens with zero attached hydrogens (tertiary/aromatic N) is 1. The van der Waals surface area contributed by atoms with Gasteiger partial charge in [-0.15, -0.1) is 0 Å². The molecule has 0 saturated heterocycles. The minimum atomic E-state index is -3.52. The fourth-order valence-corrected chi connectivity index (χ4v) is 4.98. The summed E-state index contributed by atoms with van der Waals surface area (Å²) in [5, 5.41) is 8.61. The predicted molar refractivity (Wildman–Crippen MR) is 125 cm³/mol. The van der Waals surface area contributed by atoms with E-state index in [0.29, 0.717) is 11.4 Å². The van der Waals surface area contributed by atoms with Crippen molar-refractivity contribution in [2.75, 3.05) is 53.4 Å². The van der Waals surface area contributed by atoms with Crippen molar-refractivity contribution in [1.29, 1.82) is 0 Å². The molecule has 0 fully saturated rings. The zero-order valence-electron chi connectivity index (χ0n) is 18.5. The average Bonchev–Trinajstić information content (AvgIpc) is 2.73. The number of sulfonamides is 1. The monoisotopic (exact) mass is 437 g/mol. The lowest BCUT2D eigenvalue weighted by Crippen LogP contribution is -2.40. The Bertz CT molecular complexity index is 868. The van der Waals surface area contributed by atoms with E-state index >= 15 is 0 Å². The van der Waals surface area contributed by atoms with Crippen molar-refractivity contribution in [1.82, 2.24) is 20.3 Å². The van der Waals surface area contributed by atoms with Crippen molar-refractivity contribution in [3.05, 3.63) is 28.6 Å². The van der Waals surface area contributed by atoms with Gasteiger partial charge in [-0.25, -0.2) is 13.1 Å². The molecule has 0 radical (unpaired) electrons. The molecule has 0 heterocycles. The largest absolute Gasteiger partial charge is 0.380 e. The Morgan fingerprint density at radius 2 is 1.63 bits per heavy atom. The Balaban J connectivity index is 1.76. The highest BCUT2D eigenvalue weighted by Gasteiger charge is 2.18. The van der Waals surface area contributed by atoms with Gasteiger partial charge in [-0.3, -0.25) is 0 Å². The van der Waals surface area contributed by atoms with Crippen molar-refractivity contribution in [2.24, 2.45) is 5.73 Å². The summed E-state index contributed by atoms with van der Waals surface area (Å²) in [5.74, 6) is 0. The molecule has 30 heavy (non-hydrogen) atoms. The van der Waals surface area contributed by atoms with Gasteiger partial charge in [0.2, 0.25) is 10.0 Å². The van der Waals surface area contributed by atoms with E-state index in [0.717, 1.165) is 81.7 Å². The van der Waals surface area contributed by atoms with Crippen LogP contribution in [0.3, 0.4) is 0 Å². The van der Waals surface area contributed by atoms with Crippen LogP contribution in [-0.2, 0) is 10.0 Å². The fraction of sp³-hybridized carbons (Fsp3) is 0.636. The van der Waals surface area contributed by atoms with Crippen molar-refractivity contribution in [3.63, 3.8) is 0 Å². The van der Waals surface area contributed by atoms with Crippen LogP contribution >= 0.6 is 0 Å². The highest BCUT2D eigenvalue weighted by Crippen LogP contribution is 2.12. The van der Waals surface area contributed by atoms with E-state index in [4.69, 9.17) is 5.73 Å². The van der Waals surface area contributed by atoms with Gasteiger partial charge in [0.1, 0.15) is 0 Å². The molecule has 1 aliphatic carbocycles. The number of nitrogens with two attached hydrogens (primary N) is 1. The lowest BCUT2D eigenvalue weighted by atomic mass is 10.0. The maximum absolute atomic E-state index is 12.9. The second-order valence-corrected chi connectivity index (χ2v) is 9.64. The van der Waals surface area contributed by atoms with E-state index in [1.54, 1.807) is 6.07 Å². The fourth-order valence-electron chi connectivity index (χ4n) is 3.67. The number of nitrogens with one attached hydrogen (secondary N) is 3. The van der Waals surface area contributed by atoms with Crippen LogP contribution < -0.4 is 31.5 Å². The molecule has 1 aliphatic rings. The lowest BCUT2D eigenvalue weighted by molar-refractivity contribution is 0.556. The van der Waals surface area contributed by atoms with Gasteiger partial charge in [0, 0.05) is 31.6 Å². The first-order valence-corrected chi connectivity index (χ1v) is 12.6. The first-order valence-electron chi connectivity index (χ1n) is 11.1. The summed E-state index contributed by atoms with van der Waals surface area (Å²) in [4.78, 5) is 2.46. The summed E-state index contributed by atoms with van der Waals surface area (Å²) in [6.45, 7) is 4.94. The van der Waals surface area contributed by atoms with Gasteiger partial charge in [-0.2, -0.15) is 0 Å². The Labute approximate surface area is 181 Å². The number of rotatable bonds is 15. The maximum Gasteiger partial charge on any atom is 0.241 e. The molecule has 0 saturated carbocycles. The van der Waals surface area contributed by atoms with Gasteiger partial charge in [0.15, 0.2) is 0 Å². The highest BCUT2D eigenvalue weighted by molar-refractivity contribution is 7.89. The minimum absolute atomic E-state index is 0.383. The molecule has 2 rings (SSSR count). The first kappa shape index (κ1) is 24.8. The summed E-state index contributed by atoms with van der Waals surface area (Å²) >= 11 is 0. The third-order valence-corrected chi connectivity index (χ3v) is 6.79. The molecule has 170 valence electrons. The molecule has 0 atom stereocenters. The SMILES string of the molecule is CN(C)C1=c2cccc(S(=O)(=O)NCCCNCCCCNCCCN)c2=CCC1. The number of hydrogen-bond acceptors (Lipinski definition) is 6. The second-order valence-electron chi connectivity index (χ2n) is 7.90. The third kappa shape index (κ3) is 7.67. The van der Waals surface area contributed by atoms with Gasteiger partial charge in [-0.05, 0) is 82.5 Å². The second kappa shape index (κ2) is 13.1. The topological polar surface area (TPSA) is 99.5 Å². The molecule has 0 aromatic heterocycles. The van der Waals surface area contributed by atoms with Crippen LogP contribution in [-0.4, -0.2) is 66.7 Å². The molecular weight excluding hydrogens is 398 g/mol. The summed E-state index contributed by atoms with van der Waals surface area (Å²) in [7, 11) is 0.497. The Hall–Kier alpha value is -1.45. The molecule has 8 heteroatoms. The molecular formula is C22H39N5O2S. The number of benzene rings is 1. The smallest absolute Gasteiger partial charge is 0.241 e. The molecule has 7 nitrogen and oxygen atoms in total. The molecule has 1 aromatic rings. The van der Waals surface area contributed by atoms with E-state index in [2.05, 4.69) is 20.3 Å². The normalized spacial score (nSPS) is 13.8. The molecule has 0 aliphatic heterocycles. The highest BCUT2D eigenvalue weighted by atomic mass is 32.2. The van der Waals surface area contributed by atoms with Crippen LogP contribution in [0.1, 0.15) is 38.5 Å². The van der Waals surface area contributed by atoms with Gasteiger partial charge in [0.25, 0.3) is 0 Å². The Kier molecular flexibility index (Phi) is 10.8. The number of unbranched alkanes of at least 4 members (excludes halogenated alkanes) is 1. The van der Waals surface area contributed by atoms with Gasteiger partial charge >= 0.3 is 0 Å². The molecule has 0 spiro atoms. The number of hydrogen-bond donors (Lipinski definition) is 4. The maximum atomic E-state index is 12.9. The van der Waals surface area contributed by atoms with Crippen LogP contribution in [0.2, 0.25) is 0 Å². The zero-order chi connectivity index (χ0) is 21.8. The van der Waals surface area contributed by atoms with Crippen molar-refractivity contribution in [2.45, 2.75) is 43.4 Å². The van der Waals surface area contributed by atoms with Crippen LogP contribution in [0, 0.1) is 0 Å². The molecule has 0 unspecified atom stereocenters. The van der Waals surface area contributed by atoms with Crippen LogP contribution in [0.15, 0.2) is 23.1 Å². The van der Waals surface area contributed by atoms with E-state index in [9.17, 15) is 8.42 Å². The van der Waals surface area contributed by atoms with Gasteiger partial charge in [0.05, 0.1) is 4.90 Å². The molecule has 1 aromatic carbocycles. The van der Waals surface area contributed by atoms with Gasteiger partial charge in [-0.1, -0.05) is 18.2 Å². The van der Waals surface area contributed by atoms with E-state index in [-0.39, 0.29) is 0 Å². The third-order valence-electron chi connectivity index (χ3n) is 5.27. The summed E-state index contributed by atoms with van der Waals surface area (Å²) in [5.41, 5.74) is 6.64. The van der Waals surface area contributed by atoms with E-state index < -0.39 is 10.0 Å². The standard InChI is InChI=1S/C22H39N5O2S/c1-27(2)21-11-5-10-20-19(21)9-6-12-22(20)30(28,29)26-18-8-17-25-15-4-3-14-24-16-7-13-23/h6,9-10,12,24-26H,3-5,7-8,11,13-18,23H2,1-2H3. The Morgan fingerprint density at radius 3 is 2.30 bits per heavy atom. The van der Waals surface area contributed by atoms with Crippen molar-refractivity contribution >= 4 is 21.8 Å². The predicted octanol–water partition coefficient (Wildman–Crippen LogP) is -0.0927. The first-order chi connectivity index (χ1) is 14.5. The van der Waals surface area contributed by atoms with Crippen molar-refractivity contribution < 1.29 is 8.42 Å². The molecule has 5 N–H and O–H groups in total. The van der Waals surface area contributed by atoms with Crippen LogP contribution in [0.25, 0.3) is 11.8 Å². The summed E-state index contributed by atoms with van der Waals surface area (Å²) < 4.78 is 28.5. The molecule has 0 amide bonds. The summed E-state index contributed by atoms with van der Waals surface area (Å²) in [6, 6.07) is 5.55. The quantitative estimate of drug-likeness (QED) is 0.286. The minimum Gasteiger partial charge on any atom is -0.380 e.